The summed E-state index contributed by atoms with van der Waals surface area (Å²) in [5.41, 5.74) is 7.80. The van der Waals surface area contributed by atoms with Crippen LogP contribution >= 0.6 is 12.4 Å². The average Bonchev–Trinajstić information content (AvgIpc) is 2.56. The number of rotatable bonds is 7. The Morgan fingerprint density at radius 1 is 1.42 bits per heavy atom. The molecule has 1 heterocycles. The molecular weight excluding hydrogens is 326 g/mol. The molecule has 1 fully saturated rings. The van der Waals surface area contributed by atoms with Gasteiger partial charge in [-0.25, -0.2) is 0 Å². The van der Waals surface area contributed by atoms with Crippen LogP contribution in [-0.2, 0) is 4.79 Å². The Labute approximate surface area is 151 Å². The van der Waals surface area contributed by atoms with E-state index >= 15 is 0 Å². The lowest BCUT2D eigenvalue weighted by Crippen LogP contribution is -2.45. The van der Waals surface area contributed by atoms with Gasteiger partial charge in [-0.15, -0.1) is 12.4 Å². The molecule has 0 spiro atoms. The number of amides is 1. The zero-order valence-corrected chi connectivity index (χ0v) is 15.5. The number of aryl methyl sites for hydroxylation is 2. The van der Waals surface area contributed by atoms with E-state index in [4.69, 9.17) is 10.5 Å². The number of hydrogen-bond donors (Lipinski definition) is 2. The van der Waals surface area contributed by atoms with E-state index in [1.165, 1.54) is 5.56 Å². The summed E-state index contributed by atoms with van der Waals surface area (Å²) in [4.78, 5) is 14.4. The van der Waals surface area contributed by atoms with E-state index < -0.39 is 0 Å². The van der Waals surface area contributed by atoms with Gasteiger partial charge < -0.3 is 15.8 Å². The van der Waals surface area contributed by atoms with Crippen LogP contribution in [0.25, 0.3) is 0 Å². The van der Waals surface area contributed by atoms with Gasteiger partial charge in [0.05, 0.1) is 5.92 Å². The summed E-state index contributed by atoms with van der Waals surface area (Å²) in [6, 6.07) is 6.26. The Bertz CT molecular complexity index is 525. The molecule has 1 amide bonds. The van der Waals surface area contributed by atoms with Crippen LogP contribution in [0.15, 0.2) is 18.2 Å². The molecular formula is C18H30ClN3O2. The van der Waals surface area contributed by atoms with E-state index in [1.54, 1.807) is 0 Å². The average molecular weight is 356 g/mol. The Morgan fingerprint density at radius 2 is 2.21 bits per heavy atom. The van der Waals surface area contributed by atoms with Crippen molar-refractivity contribution >= 4 is 18.3 Å². The van der Waals surface area contributed by atoms with Gasteiger partial charge in [-0.3, -0.25) is 9.69 Å². The van der Waals surface area contributed by atoms with Gasteiger partial charge in [0, 0.05) is 26.2 Å². The van der Waals surface area contributed by atoms with Gasteiger partial charge in [-0.2, -0.15) is 0 Å². The molecule has 1 saturated heterocycles. The maximum absolute atomic E-state index is 12.1. The number of nitrogens with one attached hydrogen (secondary N) is 1. The van der Waals surface area contributed by atoms with E-state index in [0.29, 0.717) is 19.7 Å². The summed E-state index contributed by atoms with van der Waals surface area (Å²) in [6.45, 7) is 8.55. The highest BCUT2D eigenvalue weighted by molar-refractivity contribution is 5.85. The van der Waals surface area contributed by atoms with E-state index in [2.05, 4.69) is 42.3 Å². The van der Waals surface area contributed by atoms with Crippen molar-refractivity contribution in [2.75, 3.05) is 39.3 Å². The summed E-state index contributed by atoms with van der Waals surface area (Å²) >= 11 is 0. The number of halogens is 1. The van der Waals surface area contributed by atoms with Crippen molar-refractivity contribution in [2.24, 2.45) is 11.7 Å². The van der Waals surface area contributed by atoms with Crippen LogP contribution in [0, 0.1) is 19.8 Å². The first-order valence-corrected chi connectivity index (χ1v) is 8.50. The van der Waals surface area contributed by atoms with Gasteiger partial charge >= 0.3 is 0 Å². The number of benzene rings is 1. The zero-order valence-electron chi connectivity index (χ0n) is 14.7. The van der Waals surface area contributed by atoms with Crippen molar-refractivity contribution < 1.29 is 9.53 Å². The highest BCUT2D eigenvalue weighted by Crippen LogP contribution is 2.20. The molecule has 1 aliphatic heterocycles. The molecule has 0 bridgehead atoms. The molecule has 1 atom stereocenters. The molecule has 0 aliphatic carbocycles. The first-order chi connectivity index (χ1) is 11.1. The monoisotopic (exact) mass is 355 g/mol. The highest BCUT2D eigenvalue weighted by Gasteiger charge is 2.25. The molecule has 0 aromatic heterocycles. The van der Waals surface area contributed by atoms with Crippen molar-refractivity contribution in [2.45, 2.75) is 26.7 Å². The van der Waals surface area contributed by atoms with Crippen molar-refractivity contribution in [1.82, 2.24) is 10.2 Å². The van der Waals surface area contributed by atoms with Crippen LogP contribution in [0.3, 0.4) is 0 Å². The third kappa shape index (κ3) is 6.30. The van der Waals surface area contributed by atoms with Crippen LogP contribution in [-0.4, -0.2) is 50.1 Å². The maximum atomic E-state index is 12.1. The van der Waals surface area contributed by atoms with Crippen molar-refractivity contribution in [1.29, 1.82) is 0 Å². The van der Waals surface area contributed by atoms with E-state index in [-0.39, 0.29) is 24.2 Å². The SMILES string of the molecule is Cc1ccc(C)c(OCCN2CCCC(C(=O)NCCN)C2)c1.Cl. The second-order valence-corrected chi connectivity index (χ2v) is 6.34. The fourth-order valence-corrected chi connectivity index (χ4v) is 2.96. The fourth-order valence-electron chi connectivity index (χ4n) is 2.96. The molecule has 1 unspecified atom stereocenters. The second-order valence-electron chi connectivity index (χ2n) is 6.34. The molecule has 0 saturated carbocycles. The molecule has 1 aromatic carbocycles. The third-order valence-corrected chi connectivity index (χ3v) is 4.33. The minimum Gasteiger partial charge on any atom is -0.492 e. The van der Waals surface area contributed by atoms with E-state index in [1.807, 2.05) is 0 Å². The van der Waals surface area contributed by atoms with Gasteiger partial charge in [-0.1, -0.05) is 12.1 Å². The summed E-state index contributed by atoms with van der Waals surface area (Å²) in [5, 5.41) is 2.90. The smallest absolute Gasteiger partial charge is 0.224 e. The van der Waals surface area contributed by atoms with Crippen LogP contribution in [0.5, 0.6) is 5.75 Å². The van der Waals surface area contributed by atoms with Gasteiger partial charge in [0.25, 0.3) is 0 Å². The quantitative estimate of drug-likeness (QED) is 0.783. The molecule has 1 aromatic rings. The minimum absolute atomic E-state index is 0. The van der Waals surface area contributed by atoms with Crippen molar-refractivity contribution in [3.05, 3.63) is 29.3 Å². The Kier molecular flexibility index (Phi) is 9.11. The molecule has 3 N–H and O–H groups in total. The summed E-state index contributed by atoms with van der Waals surface area (Å²) in [7, 11) is 0. The first kappa shape index (κ1) is 20.7. The lowest BCUT2D eigenvalue weighted by Gasteiger charge is -2.31. The number of piperidine rings is 1. The number of carbonyl (C=O) groups excluding carboxylic acids is 1. The van der Waals surface area contributed by atoms with Crippen molar-refractivity contribution in [3.8, 4) is 5.75 Å². The maximum Gasteiger partial charge on any atom is 0.224 e. The number of nitrogens with two attached hydrogens (primary N) is 1. The van der Waals surface area contributed by atoms with Gasteiger partial charge in [-0.05, 0) is 50.4 Å². The van der Waals surface area contributed by atoms with Gasteiger partial charge in [0.1, 0.15) is 12.4 Å². The summed E-state index contributed by atoms with van der Waals surface area (Å²) in [6.07, 6.45) is 2.02. The zero-order chi connectivity index (χ0) is 16.7. The number of ether oxygens (including phenoxy) is 1. The molecule has 0 radical (unpaired) electrons. The summed E-state index contributed by atoms with van der Waals surface area (Å²) < 4.78 is 5.92. The van der Waals surface area contributed by atoms with Crippen LogP contribution in [0.1, 0.15) is 24.0 Å². The topological polar surface area (TPSA) is 67.6 Å². The highest BCUT2D eigenvalue weighted by atomic mass is 35.5. The van der Waals surface area contributed by atoms with Gasteiger partial charge in [0.2, 0.25) is 5.91 Å². The van der Waals surface area contributed by atoms with Gasteiger partial charge in [0.15, 0.2) is 0 Å². The molecule has 2 rings (SSSR count). The third-order valence-electron chi connectivity index (χ3n) is 4.33. The molecule has 1 aliphatic rings. The molecule has 136 valence electrons. The van der Waals surface area contributed by atoms with Crippen LogP contribution in [0.4, 0.5) is 0 Å². The number of hydrogen-bond acceptors (Lipinski definition) is 4. The lowest BCUT2D eigenvalue weighted by molar-refractivity contribution is -0.126. The number of likely N-dealkylation sites (tertiary alicyclic amines) is 1. The number of carbonyl (C=O) groups is 1. The Morgan fingerprint density at radius 3 is 2.96 bits per heavy atom. The minimum atomic E-state index is 0. The predicted molar refractivity (Wildman–Crippen MR) is 99.9 cm³/mol. The Balaban J connectivity index is 0.00000288. The van der Waals surface area contributed by atoms with E-state index in [0.717, 1.165) is 43.8 Å². The molecule has 6 heteroatoms. The predicted octanol–water partition coefficient (Wildman–Crippen LogP) is 1.89. The number of nitrogens with zero attached hydrogens (tertiary/aromatic N) is 1. The standard InChI is InChI=1S/C18H29N3O2.ClH/c1-14-5-6-15(2)17(12-14)23-11-10-21-9-3-4-16(13-21)18(22)20-8-7-19;/h5-6,12,16H,3-4,7-11,13,19H2,1-2H3,(H,20,22);1H. The molecule has 5 nitrogen and oxygen atoms in total. The summed E-state index contributed by atoms with van der Waals surface area (Å²) in [5.74, 6) is 1.17. The second kappa shape index (κ2) is 10.5. The normalized spacial score (nSPS) is 17.9. The molecule has 24 heavy (non-hydrogen) atoms. The first-order valence-electron chi connectivity index (χ1n) is 8.50. The Hall–Kier alpha value is -1.30. The largest absolute Gasteiger partial charge is 0.492 e. The van der Waals surface area contributed by atoms with Crippen molar-refractivity contribution in [3.63, 3.8) is 0 Å². The fraction of sp³-hybridized carbons (Fsp3) is 0.611. The van der Waals surface area contributed by atoms with E-state index in [9.17, 15) is 4.79 Å². The lowest BCUT2D eigenvalue weighted by atomic mass is 9.97. The van der Waals surface area contributed by atoms with Crippen LogP contribution in [0.2, 0.25) is 0 Å². The van der Waals surface area contributed by atoms with Crippen LogP contribution < -0.4 is 15.8 Å².